The van der Waals surface area contributed by atoms with Crippen LogP contribution in [-0.2, 0) is 0 Å². The molecule has 1 saturated carbocycles. The standard InChI is InChI=1S/C17H25NO3/c1-12(2)17(3,20)11-18-16(19)14-6-8-15(9-7-14)21-10-13-4-5-13/h6-9,12-13,20H,4-5,10-11H2,1-3H3,(H,18,19). The number of rotatable bonds is 7. The Morgan fingerprint density at radius 3 is 2.52 bits per heavy atom. The van der Waals surface area contributed by atoms with Gasteiger partial charge in [-0.05, 0) is 55.9 Å². The lowest BCUT2D eigenvalue weighted by Gasteiger charge is -2.27. The summed E-state index contributed by atoms with van der Waals surface area (Å²) in [5.74, 6) is 1.42. The smallest absolute Gasteiger partial charge is 0.251 e. The molecule has 4 heteroatoms. The average Bonchev–Trinajstić information content (AvgIpc) is 3.27. The maximum atomic E-state index is 12.0. The first-order chi connectivity index (χ1) is 9.88. The molecule has 0 aromatic heterocycles. The zero-order valence-electron chi connectivity index (χ0n) is 13.1. The van der Waals surface area contributed by atoms with Crippen LogP contribution in [0.1, 0.15) is 44.0 Å². The van der Waals surface area contributed by atoms with Gasteiger partial charge in [-0.25, -0.2) is 0 Å². The predicted molar refractivity (Wildman–Crippen MR) is 82.5 cm³/mol. The minimum atomic E-state index is -0.900. The van der Waals surface area contributed by atoms with Crippen molar-refractivity contribution in [1.29, 1.82) is 0 Å². The molecule has 1 aliphatic carbocycles. The van der Waals surface area contributed by atoms with Gasteiger partial charge in [-0.2, -0.15) is 0 Å². The molecule has 1 aromatic rings. The van der Waals surface area contributed by atoms with E-state index in [4.69, 9.17) is 4.74 Å². The molecule has 2 rings (SSSR count). The van der Waals surface area contributed by atoms with E-state index in [-0.39, 0.29) is 18.4 Å². The molecule has 1 unspecified atom stereocenters. The maximum Gasteiger partial charge on any atom is 0.251 e. The van der Waals surface area contributed by atoms with Crippen molar-refractivity contribution in [3.8, 4) is 5.75 Å². The Kier molecular flexibility index (Phi) is 4.88. The van der Waals surface area contributed by atoms with E-state index in [1.165, 1.54) is 12.8 Å². The molecule has 0 saturated heterocycles. The number of carbonyl (C=O) groups is 1. The van der Waals surface area contributed by atoms with Crippen LogP contribution in [0.25, 0.3) is 0 Å². The molecule has 0 heterocycles. The summed E-state index contributed by atoms with van der Waals surface area (Å²) in [6.45, 7) is 6.59. The van der Waals surface area contributed by atoms with Crippen molar-refractivity contribution in [2.75, 3.05) is 13.2 Å². The van der Waals surface area contributed by atoms with Crippen LogP contribution in [0.5, 0.6) is 5.75 Å². The fourth-order valence-corrected chi connectivity index (χ4v) is 1.77. The Hall–Kier alpha value is -1.55. The van der Waals surface area contributed by atoms with Crippen LogP contribution in [0.3, 0.4) is 0 Å². The van der Waals surface area contributed by atoms with Crippen molar-refractivity contribution in [2.24, 2.45) is 11.8 Å². The molecule has 116 valence electrons. The SMILES string of the molecule is CC(C)C(C)(O)CNC(=O)c1ccc(OCC2CC2)cc1. The molecule has 1 aliphatic rings. The van der Waals surface area contributed by atoms with Crippen LogP contribution in [-0.4, -0.2) is 29.8 Å². The molecule has 0 radical (unpaired) electrons. The summed E-state index contributed by atoms with van der Waals surface area (Å²) in [6, 6.07) is 7.14. The van der Waals surface area contributed by atoms with Crippen LogP contribution in [0.2, 0.25) is 0 Å². The summed E-state index contributed by atoms with van der Waals surface area (Å²) >= 11 is 0. The van der Waals surface area contributed by atoms with Crippen molar-refractivity contribution >= 4 is 5.91 Å². The molecule has 1 fully saturated rings. The van der Waals surface area contributed by atoms with Crippen molar-refractivity contribution in [3.05, 3.63) is 29.8 Å². The van der Waals surface area contributed by atoms with Crippen LogP contribution in [0.15, 0.2) is 24.3 Å². The molecular weight excluding hydrogens is 266 g/mol. The Morgan fingerprint density at radius 1 is 1.38 bits per heavy atom. The van der Waals surface area contributed by atoms with Crippen LogP contribution >= 0.6 is 0 Å². The lowest BCUT2D eigenvalue weighted by molar-refractivity contribution is 0.0142. The molecule has 0 aliphatic heterocycles. The van der Waals surface area contributed by atoms with Crippen molar-refractivity contribution in [3.63, 3.8) is 0 Å². The predicted octanol–water partition coefficient (Wildman–Crippen LogP) is 2.61. The number of benzene rings is 1. The quantitative estimate of drug-likeness (QED) is 0.812. The molecule has 4 nitrogen and oxygen atoms in total. The monoisotopic (exact) mass is 291 g/mol. The van der Waals surface area contributed by atoms with E-state index in [1.54, 1.807) is 19.1 Å². The second-order valence-corrected chi connectivity index (χ2v) is 6.47. The molecule has 2 N–H and O–H groups in total. The molecule has 1 amide bonds. The van der Waals surface area contributed by atoms with Gasteiger partial charge < -0.3 is 15.2 Å². The maximum absolute atomic E-state index is 12.0. The van der Waals surface area contributed by atoms with Gasteiger partial charge in [0.2, 0.25) is 0 Å². The average molecular weight is 291 g/mol. The number of carbonyl (C=O) groups excluding carboxylic acids is 1. The van der Waals surface area contributed by atoms with E-state index in [2.05, 4.69) is 5.32 Å². The molecule has 1 atom stereocenters. The summed E-state index contributed by atoms with van der Waals surface area (Å²) in [4.78, 5) is 12.0. The van der Waals surface area contributed by atoms with Gasteiger partial charge in [-0.1, -0.05) is 13.8 Å². The van der Waals surface area contributed by atoms with Gasteiger partial charge in [0.05, 0.1) is 12.2 Å². The van der Waals surface area contributed by atoms with E-state index in [0.29, 0.717) is 11.5 Å². The third-order valence-electron chi connectivity index (χ3n) is 4.15. The number of hydrogen-bond acceptors (Lipinski definition) is 3. The Labute approximate surface area is 126 Å². The highest BCUT2D eigenvalue weighted by atomic mass is 16.5. The minimum absolute atomic E-state index is 0.0796. The Morgan fingerprint density at radius 2 is 2.00 bits per heavy atom. The van der Waals surface area contributed by atoms with Crippen molar-refractivity contribution in [1.82, 2.24) is 5.32 Å². The first-order valence-corrected chi connectivity index (χ1v) is 7.62. The van der Waals surface area contributed by atoms with Gasteiger partial charge in [0.1, 0.15) is 5.75 Å². The van der Waals surface area contributed by atoms with Gasteiger partial charge in [0.15, 0.2) is 0 Å². The van der Waals surface area contributed by atoms with Crippen molar-refractivity contribution < 1.29 is 14.6 Å². The zero-order chi connectivity index (χ0) is 15.5. The molecule has 0 bridgehead atoms. The summed E-state index contributed by atoms with van der Waals surface area (Å²) in [6.07, 6.45) is 2.52. The molecule has 21 heavy (non-hydrogen) atoms. The number of nitrogens with one attached hydrogen (secondary N) is 1. The zero-order valence-corrected chi connectivity index (χ0v) is 13.1. The Balaban J connectivity index is 1.84. The van der Waals surface area contributed by atoms with E-state index in [9.17, 15) is 9.90 Å². The molecular formula is C17H25NO3. The lowest BCUT2D eigenvalue weighted by Crippen LogP contribution is -2.44. The van der Waals surface area contributed by atoms with E-state index < -0.39 is 5.60 Å². The van der Waals surface area contributed by atoms with Crippen LogP contribution in [0.4, 0.5) is 0 Å². The number of ether oxygens (including phenoxy) is 1. The summed E-state index contributed by atoms with van der Waals surface area (Å²) < 4.78 is 5.64. The van der Waals surface area contributed by atoms with Gasteiger partial charge in [0.25, 0.3) is 5.91 Å². The van der Waals surface area contributed by atoms with Gasteiger partial charge in [-0.3, -0.25) is 4.79 Å². The van der Waals surface area contributed by atoms with E-state index >= 15 is 0 Å². The van der Waals surface area contributed by atoms with Gasteiger partial charge >= 0.3 is 0 Å². The highest BCUT2D eigenvalue weighted by Gasteiger charge is 2.25. The highest BCUT2D eigenvalue weighted by molar-refractivity contribution is 5.94. The Bertz CT molecular complexity index is 475. The molecule has 0 spiro atoms. The number of aliphatic hydroxyl groups is 1. The first-order valence-electron chi connectivity index (χ1n) is 7.62. The van der Waals surface area contributed by atoms with E-state index in [0.717, 1.165) is 12.4 Å². The lowest BCUT2D eigenvalue weighted by atomic mass is 9.92. The fraction of sp³-hybridized carbons (Fsp3) is 0.588. The summed E-state index contributed by atoms with van der Waals surface area (Å²) in [7, 11) is 0. The second-order valence-electron chi connectivity index (χ2n) is 6.47. The van der Waals surface area contributed by atoms with Gasteiger partial charge in [0, 0.05) is 12.1 Å². The van der Waals surface area contributed by atoms with Gasteiger partial charge in [-0.15, -0.1) is 0 Å². The first kappa shape index (κ1) is 15.8. The van der Waals surface area contributed by atoms with E-state index in [1.807, 2.05) is 26.0 Å². The third kappa shape index (κ3) is 4.74. The number of hydrogen-bond donors (Lipinski definition) is 2. The van der Waals surface area contributed by atoms with Crippen LogP contribution < -0.4 is 10.1 Å². The second kappa shape index (κ2) is 6.48. The summed E-state index contributed by atoms with van der Waals surface area (Å²) in [5.41, 5.74) is -0.323. The van der Waals surface area contributed by atoms with Crippen LogP contribution in [0, 0.1) is 11.8 Å². The fourth-order valence-electron chi connectivity index (χ4n) is 1.77. The number of amides is 1. The molecule has 1 aromatic carbocycles. The topological polar surface area (TPSA) is 58.6 Å². The largest absolute Gasteiger partial charge is 0.493 e. The van der Waals surface area contributed by atoms with Crippen molar-refractivity contribution in [2.45, 2.75) is 39.2 Å². The summed E-state index contributed by atoms with van der Waals surface area (Å²) in [5, 5.41) is 12.9. The third-order valence-corrected chi connectivity index (χ3v) is 4.15. The normalized spacial score (nSPS) is 17.4. The minimum Gasteiger partial charge on any atom is -0.493 e. The highest BCUT2D eigenvalue weighted by Crippen LogP contribution is 2.29.